The number of nitrogens with two attached hydrogens (primary N) is 1. The number of halogens is 3. The summed E-state index contributed by atoms with van der Waals surface area (Å²) < 4.78 is 39.2. The summed E-state index contributed by atoms with van der Waals surface area (Å²) in [7, 11) is 0. The zero-order valence-corrected chi connectivity index (χ0v) is 10.7. The van der Waals surface area contributed by atoms with Crippen molar-refractivity contribution in [3.63, 3.8) is 0 Å². The first-order valence-corrected chi connectivity index (χ1v) is 6.46. The first kappa shape index (κ1) is 15.0. The van der Waals surface area contributed by atoms with E-state index < -0.39 is 23.5 Å². The van der Waals surface area contributed by atoms with Gasteiger partial charge in [-0.15, -0.1) is 0 Å². The first-order valence-electron chi connectivity index (χ1n) is 6.46. The van der Waals surface area contributed by atoms with Crippen molar-refractivity contribution in [2.75, 3.05) is 0 Å². The third-order valence-electron chi connectivity index (χ3n) is 3.08. The topological polar surface area (TPSA) is 26.0 Å². The molecule has 0 radical (unpaired) electrons. The predicted molar refractivity (Wildman–Crippen MR) is 66.6 cm³/mol. The fourth-order valence-electron chi connectivity index (χ4n) is 1.95. The van der Waals surface area contributed by atoms with Crippen molar-refractivity contribution in [2.24, 2.45) is 5.73 Å². The van der Waals surface area contributed by atoms with Gasteiger partial charge < -0.3 is 5.73 Å². The molecule has 0 aromatic heterocycles. The minimum Gasteiger partial charge on any atom is -0.324 e. The summed E-state index contributed by atoms with van der Waals surface area (Å²) in [6.07, 6.45) is 5.96. The molecule has 0 bridgehead atoms. The van der Waals surface area contributed by atoms with E-state index >= 15 is 0 Å². The van der Waals surface area contributed by atoms with Crippen molar-refractivity contribution in [1.82, 2.24) is 0 Å². The van der Waals surface area contributed by atoms with Gasteiger partial charge in [0.05, 0.1) is 0 Å². The maximum atomic E-state index is 13.4. The average molecular weight is 259 g/mol. The number of unbranched alkanes of at least 4 members (excludes halogenated alkanes) is 4. The molecule has 0 fully saturated rings. The second-order valence-corrected chi connectivity index (χ2v) is 4.57. The molecule has 0 aliphatic rings. The Labute approximate surface area is 106 Å². The van der Waals surface area contributed by atoms with Gasteiger partial charge in [0.25, 0.3) is 0 Å². The van der Waals surface area contributed by atoms with Gasteiger partial charge >= 0.3 is 0 Å². The molecule has 1 atom stereocenters. The minimum atomic E-state index is -1.44. The van der Waals surface area contributed by atoms with E-state index in [4.69, 9.17) is 5.73 Å². The van der Waals surface area contributed by atoms with E-state index in [0.717, 1.165) is 31.7 Å². The number of hydrogen-bond donors (Lipinski definition) is 1. The molecule has 0 spiro atoms. The van der Waals surface area contributed by atoms with E-state index in [-0.39, 0.29) is 5.56 Å². The summed E-state index contributed by atoms with van der Waals surface area (Å²) in [5, 5.41) is 0. The van der Waals surface area contributed by atoms with Crippen molar-refractivity contribution in [2.45, 2.75) is 51.5 Å². The van der Waals surface area contributed by atoms with Crippen LogP contribution in [0.5, 0.6) is 0 Å². The number of hydrogen-bond acceptors (Lipinski definition) is 1. The molecule has 1 aromatic rings. The molecule has 0 amide bonds. The van der Waals surface area contributed by atoms with Crippen LogP contribution in [0.1, 0.15) is 57.1 Å². The molecule has 2 N–H and O–H groups in total. The smallest absolute Gasteiger partial charge is 0.194 e. The molecule has 1 rings (SSSR count). The quantitative estimate of drug-likeness (QED) is 0.567. The van der Waals surface area contributed by atoms with Crippen LogP contribution < -0.4 is 5.73 Å². The fourth-order valence-corrected chi connectivity index (χ4v) is 1.95. The number of rotatable bonds is 7. The van der Waals surface area contributed by atoms with Gasteiger partial charge in [-0.3, -0.25) is 0 Å². The SMILES string of the molecule is CCCCCCCC(N)c1ccc(F)c(F)c1F. The zero-order valence-electron chi connectivity index (χ0n) is 10.7. The Hall–Kier alpha value is -1.03. The summed E-state index contributed by atoms with van der Waals surface area (Å²) >= 11 is 0. The molecule has 1 unspecified atom stereocenters. The summed E-state index contributed by atoms with van der Waals surface area (Å²) in [6.45, 7) is 2.13. The van der Waals surface area contributed by atoms with Crippen LogP contribution in [0.4, 0.5) is 13.2 Å². The molecule has 0 aliphatic carbocycles. The second kappa shape index (κ2) is 7.41. The predicted octanol–water partition coefficient (Wildman–Crippen LogP) is 4.46. The van der Waals surface area contributed by atoms with Crippen molar-refractivity contribution in [3.8, 4) is 0 Å². The van der Waals surface area contributed by atoms with E-state index in [0.29, 0.717) is 6.42 Å². The minimum absolute atomic E-state index is 0.0596. The molecule has 102 valence electrons. The Morgan fingerprint density at radius 3 is 2.33 bits per heavy atom. The van der Waals surface area contributed by atoms with Crippen LogP contribution in [0.15, 0.2) is 12.1 Å². The molecule has 0 heterocycles. The van der Waals surface area contributed by atoms with Crippen molar-refractivity contribution >= 4 is 0 Å². The summed E-state index contributed by atoms with van der Waals surface area (Å²) in [5.41, 5.74) is 5.86. The van der Waals surface area contributed by atoms with E-state index in [1.165, 1.54) is 12.5 Å². The van der Waals surface area contributed by atoms with Gasteiger partial charge in [-0.1, -0.05) is 45.1 Å². The van der Waals surface area contributed by atoms with Gasteiger partial charge in [-0.05, 0) is 12.5 Å². The zero-order chi connectivity index (χ0) is 13.5. The third-order valence-corrected chi connectivity index (χ3v) is 3.08. The Balaban J connectivity index is 2.51. The molecule has 1 aromatic carbocycles. The van der Waals surface area contributed by atoms with Crippen LogP contribution in [0.2, 0.25) is 0 Å². The van der Waals surface area contributed by atoms with Gasteiger partial charge in [-0.2, -0.15) is 0 Å². The van der Waals surface area contributed by atoms with Crippen molar-refractivity contribution in [1.29, 1.82) is 0 Å². The van der Waals surface area contributed by atoms with Gasteiger partial charge in [0.1, 0.15) is 0 Å². The maximum Gasteiger partial charge on any atom is 0.194 e. The second-order valence-electron chi connectivity index (χ2n) is 4.57. The Morgan fingerprint density at radius 1 is 1.00 bits per heavy atom. The van der Waals surface area contributed by atoms with Gasteiger partial charge in [0.15, 0.2) is 17.5 Å². The highest BCUT2D eigenvalue weighted by Gasteiger charge is 2.17. The van der Waals surface area contributed by atoms with Crippen molar-refractivity contribution in [3.05, 3.63) is 35.1 Å². The molecule has 18 heavy (non-hydrogen) atoms. The van der Waals surface area contributed by atoms with Crippen LogP contribution in [-0.2, 0) is 0 Å². The molecule has 4 heteroatoms. The molecular weight excluding hydrogens is 239 g/mol. The van der Waals surface area contributed by atoms with Gasteiger partial charge in [-0.25, -0.2) is 13.2 Å². The third kappa shape index (κ3) is 4.02. The monoisotopic (exact) mass is 259 g/mol. The van der Waals surface area contributed by atoms with E-state index in [9.17, 15) is 13.2 Å². The maximum absolute atomic E-state index is 13.4. The largest absolute Gasteiger partial charge is 0.324 e. The van der Waals surface area contributed by atoms with Crippen molar-refractivity contribution < 1.29 is 13.2 Å². The fraction of sp³-hybridized carbons (Fsp3) is 0.571. The van der Waals surface area contributed by atoms with Gasteiger partial charge in [0, 0.05) is 11.6 Å². The Morgan fingerprint density at radius 2 is 1.67 bits per heavy atom. The van der Waals surface area contributed by atoms with E-state index in [1.54, 1.807) is 0 Å². The summed E-state index contributed by atoms with van der Waals surface area (Å²) in [6, 6.07) is 1.58. The first-order chi connectivity index (χ1) is 8.57. The van der Waals surface area contributed by atoms with E-state index in [1.807, 2.05) is 0 Å². The highest BCUT2D eigenvalue weighted by molar-refractivity contribution is 5.23. The van der Waals surface area contributed by atoms with Crippen LogP contribution in [0.25, 0.3) is 0 Å². The Kier molecular flexibility index (Phi) is 6.19. The normalized spacial score (nSPS) is 12.7. The van der Waals surface area contributed by atoms with Crippen LogP contribution in [-0.4, -0.2) is 0 Å². The van der Waals surface area contributed by atoms with Crippen LogP contribution in [0, 0.1) is 17.5 Å². The molecule has 0 aliphatic heterocycles. The summed E-state index contributed by atoms with van der Waals surface area (Å²) in [5.74, 6) is -3.77. The summed E-state index contributed by atoms with van der Waals surface area (Å²) in [4.78, 5) is 0. The van der Waals surface area contributed by atoms with Gasteiger partial charge in [0.2, 0.25) is 0 Å². The highest BCUT2D eigenvalue weighted by atomic mass is 19.2. The molecular formula is C14H20F3N. The standard InChI is InChI=1S/C14H20F3N/c1-2-3-4-5-6-7-12(18)10-8-9-11(15)14(17)13(10)16/h8-9,12H,2-7,18H2,1H3. The highest BCUT2D eigenvalue weighted by Crippen LogP contribution is 2.23. The van der Waals surface area contributed by atoms with Crippen LogP contribution >= 0.6 is 0 Å². The van der Waals surface area contributed by atoms with Crippen LogP contribution in [0.3, 0.4) is 0 Å². The lowest BCUT2D eigenvalue weighted by molar-refractivity contribution is 0.431. The molecule has 0 saturated carbocycles. The Bertz CT molecular complexity index is 380. The lowest BCUT2D eigenvalue weighted by Crippen LogP contribution is -2.13. The molecule has 0 saturated heterocycles. The lowest BCUT2D eigenvalue weighted by Gasteiger charge is -2.13. The lowest BCUT2D eigenvalue weighted by atomic mass is 10.00. The average Bonchev–Trinajstić information content (AvgIpc) is 2.35. The number of benzene rings is 1. The molecule has 1 nitrogen and oxygen atoms in total. The van der Waals surface area contributed by atoms with E-state index in [2.05, 4.69) is 6.92 Å².